The molecule has 0 bridgehead atoms. The van der Waals surface area contributed by atoms with Gasteiger partial charge in [0.25, 0.3) is 0 Å². The van der Waals surface area contributed by atoms with E-state index in [1.165, 1.54) is 0 Å². The molecule has 0 spiro atoms. The highest BCUT2D eigenvalue weighted by Crippen LogP contribution is 2.19. The number of aryl methyl sites for hydroxylation is 1. The molecule has 0 unspecified atom stereocenters. The maximum absolute atomic E-state index is 12.2. The standard InChI is InChI=1S/C14H20ClNO2S/c1-12-6-9-16(10-7-12)19(17,18)11-8-13-2-4-14(15)5-3-13/h2-5,12H,6-11H2,1H3. The van der Waals surface area contributed by atoms with Crippen LogP contribution < -0.4 is 0 Å². The molecule has 0 aliphatic carbocycles. The largest absolute Gasteiger partial charge is 0.214 e. The molecule has 0 aromatic heterocycles. The van der Waals surface area contributed by atoms with Gasteiger partial charge in [-0.3, -0.25) is 0 Å². The molecule has 0 atom stereocenters. The quantitative estimate of drug-likeness (QED) is 0.857. The zero-order valence-electron chi connectivity index (χ0n) is 11.2. The summed E-state index contributed by atoms with van der Waals surface area (Å²) >= 11 is 5.81. The lowest BCUT2D eigenvalue weighted by atomic mass is 10.0. The molecule has 1 saturated heterocycles. The number of nitrogens with zero attached hydrogens (tertiary/aromatic N) is 1. The van der Waals surface area contributed by atoms with Crippen molar-refractivity contribution in [3.05, 3.63) is 34.9 Å². The molecular weight excluding hydrogens is 282 g/mol. The van der Waals surface area contributed by atoms with Crippen molar-refractivity contribution in [2.75, 3.05) is 18.8 Å². The summed E-state index contributed by atoms with van der Waals surface area (Å²) in [7, 11) is -3.11. The maximum atomic E-state index is 12.2. The zero-order valence-corrected chi connectivity index (χ0v) is 12.8. The minimum Gasteiger partial charge on any atom is -0.212 e. The van der Waals surface area contributed by atoms with Gasteiger partial charge in [-0.05, 0) is 42.9 Å². The minimum absolute atomic E-state index is 0.184. The van der Waals surface area contributed by atoms with E-state index < -0.39 is 10.0 Å². The zero-order chi connectivity index (χ0) is 13.9. The third kappa shape index (κ3) is 4.20. The third-order valence-electron chi connectivity index (χ3n) is 3.70. The second-order valence-corrected chi connectivity index (χ2v) is 7.80. The Balaban J connectivity index is 1.92. The van der Waals surface area contributed by atoms with Gasteiger partial charge in [-0.1, -0.05) is 30.7 Å². The molecule has 1 aromatic rings. The predicted molar refractivity (Wildman–Crippen MR) is 78.9 cm³/mol. The summed E-state index contributed by atoms with van der Waals surface area (Å²) < 4.78 is 26.1. The van der Waals surface area contributed by atoms with E-state index in [4.69, 9.17) is 11.6 Å². The lowest BCUT2D eigenvalue weighted by Gasteiger charge is -2.29. The van der Waals surface area contributed by atoms with E-state index in [-0.39, 0.29) is 5.75 Å². The monoisotopic (exact) mass is 301 g/mol. The first-order chi connectivity index (χ1) is 8.97. The number of hydrogen-bond donors (Lipinski definition) is 0. The van der Waals surface area contributed by atoms with Gasteiger partial charge in [0.1, 0.15) is 0 Å². The van der Waals surface area contributed by atoms with Crippen LogP contribution in [0.2, 0.25) is 5.02 Å². The van der Waals surface area contributed by atoms with Crippen LogP contribution in [0, 0.1) is 5.92 Å². The van der Waals surface area contributed by atoms with E-state index in [0.29, 0.717) is 30.5 Å². The van der Waals surface area contributed by atoms with Crippen LogP contribution in [-0.4, -0.2) is 31.6 Å². The smallest absolute Gasteiger partial charge is 0.212 e. The molecule has 1 heterocycles. The van der Waals surface area contributed by atoms with Gasteiger partial charge in [-0.25, -0.2) is 12.7 Å². The van der Waals surface area contributed by atoms with E-state index in [2.05, 4.69) is 6.92 Å². The highest BCUT2D eigenvalue weighted by Gasteiger charge is 2.25. The summed E-state index contributed by atoms with van der Waals surface area (Å²) in [6.07, 6.45) is 2.49. The molecule has 1 aromatic carbocycles. The molecule has 1 fully saturated rings. The second kappa shape index (κ2) is 6.25. The SMILES string of the molecule is CC1CCN(S(=O)(=O)CCc2ccc(Cl)cc2)CC1. The highest BCUT2D eigenvalue weighted by molar-refractivity contribution is 7.89. The van der Waals surface area contributed by atoms with E-state index in [1.54, 1.807) is 16.4 Å². The Bertz CT molecular complexity index is 505. The van der Waals surface area contributed by atoms with Crippen LogP contribution in [0.3, 0.4) is 0 Å². The van der Waals surface area contributed by atoms with Gasteiger partial charge in [-0.2, -0.15) is 0 Å². The molecule has 2 rings (SSSR count). The number of benzene rings is 1. The minimum atomic E-state index is -3.11. The van der Waals surface area contributed by atoms with Crippen molar-refractivity contribution in [3.8, 4) is 0 Å². The van der Waals surface area contributed by atoms with Gasteiger partial charge in [0, 0.05) is 18.1 Å². The Labute approximate surface area is 120 Å². The van der Waals surface area contributed by atoms with E-state index in [9.17, 15) is 8.42 Å². The molecule has 1 aliphatic heterocycles. The maximum Gasteiger partial charge on any atom is 0.214 e. The van der Waals surface area contributed by atoms with Crippen LogP contribution in [0.5, 0.6) is 0 Å². The molecule has 0 N–H and O–H groups in total. The summed E-state index contributed by atoms with van der Waals surface area (Å²) in [4.78, 5) is 0. The number of sulfonamides is 1. The summed E-state index contributed by atoms with van der Waals surface area (Å²) in [5, 5.41) is 0.677. The van der Waals surface area contributed by atoms with Crippen LogP contribution in [0.15, 0.2) is 24.3 Å². The van der Waals surface area contributed by atoms with Crippen LogP contribution in [0.25, 0.3) is 0 Å². The Morgan fingerprint density at radius 3 is 2.37 bits per heavy atom. The van der Waals surface area contributed by atoms with Crippen LogP contribution in [-0.2, 0) is 16.4 Å². The van der Waals surface area contributed by atoms with E-state index >= 15 is 0 Å². The average molecular weight is 302 g/mol. The van der Waals surface area contributed by atoms with Crippen LogP contribution >= 0.6 is 11.6 Å². The van der Waals surface area contributed by atoms with Gasteiger partial charge in [0.05, 0.1) is 5.75 Å². The van der Waals surface area contributed by atoms with Crippen molar-refractivity contribution in [2.24, 2.45) is 5.92 Å². The average Bonchev–Trinajstić information content (AvgIpc) is 2.39. The molecule has 5 heteroatoms. The molecule has 106 valence electrons. The lowest BCUT2D eigenvalue weighted by molar-refractivity contribution is 0.288. The number of rotatable bonds is 4. The summed E-state index contributed by atoms with van der Waals surface area (Å²) in [6.45, 7) is 3.52. The number of piperidine rings is 1. The first-order valence-corrected chi connectivity index (χ1v) is 8.68. The highest BCUT2D eigenvalue weighted by atomic mass is 35.5. The number of hydrogen-bond acceptors (Lipinski definition) is 2. The Morgan fingerprint density at radius 1 is 1.21 bits per heavy atom. The summed E-state index contributed by atoms with van der Waals surface area (Å²) in [5.41, 5.74) is 1.01. The van der Waals surface area contributed by atoms with Gasteiger partial charge < -0.3 is 0 Å². The van der Waals surface area contributed by atoms with Crippen molar-refractivity contribution in [1.29, 1.82) is 0 Å². The van der Waals surface area contributed by atoms with E-state index in [0.717, 1.165) is 18.4 Å². The number of halogens is 1. The molecule has 0 amide bonds. The van der Waals surface area contributed by atoms with Gasteiger partial charge in [0.15, 0.2) is 0 Å². The third-order valence-corrected chi connectivity index (χ3v) is 5.82. The van der Waals surface area contributed by atoms with Crippen molar-refractivity contribution < 1.29 is 8.42 Å². The van der Waals surface area contributed by atoms with Crippen molar-refractivity contribution in [1.82, 2.24) is 4.31 Å². The Morgan fingerprint density at radius 2 is 1.79 bits per heavy atom. The van der Waals surface area contributed by atoms with Gasteiger partial charge >= 0.3 is 0 Å². The van der Waals surface area contributed by atoms with Gasteiger partial charge in [0.2, 0.25) is 10.0 Å². The first-order valence-electron chi connectivity index (χ1n) is 6.69. The predicted octanol–water partition coefficient (Wildman–Crippen LogP) is 2.94. The van der Waals surface area contributed by atoms with Crippen molar-refractivity contribution in [3.63, 3.8) is 0 Å². The van der Waals surface area contributed by atoms with E-state index in [1.807, 2.05) is 12.1 Å². The fourth-order valence-corrected chi connectivity index (χ4v) is 3.94. The summed E-state index contributed by atoms with van der Waals surface area (Å²) in [6, 6.07) is 7.37. The Hall–Kier alpha value is -0.580. The molecule has 0 saturated carbocycles. The molecule has 19 heavy (non-hydrogen) atoms. The molecule has 1 aliphatic rings. The van der Waals surface area contributed by atoms with Crippen molar-refractivity contribution in [2.45, 2.75) is 26.2 Å². The molecule has 0 radical (unpaired) electrons. The fourth-order valence-electron chi connectivity index (χ4n) is 2.29. The van der Waals surface area contributed by atoms with Crippen molar-refractivity contribution >= 4 is 21.6 Å². The molecule has 3 nitrogen and oxygen atoms in total. The van der Waals surface area contributed by atoms with Crippen LogP contribution in [0.4, 0.5) is 0 Å². The molecular formula is C14H20ClNO2S. The normalized spacial score (nSPS) is 18.6. The van der Waals surface area contributed by atoms with Gasteiger partial charge in [-0.15, -0.1) is 0 Å². The summed E-state index contributed by atoms with van der Waals surface area (Å²) in [5.74, 6) is 0.825. The topological polar surface area (TPSA) is 37.4 Å². The first kappa shape index (κ1) is 14.8. The lowest BCUT2D eigenvalue weighted by Crippen LogP contribution is -2.39. The second-order valence-electron chi connectivity index (χ2n) is 5.27. The van der Waals surface area contributed by atoms with Crippen LogP contribution in [0.1, 0.15) is 25.3 Å². The fraction of sp³-hybridized carbons (Fsp3) is 0.571. The Kier molecular flexibility index (Phi) is 4.87.